The summed E-state index contributed by atoms with van der Waals surface area (Å²) in [5.41, 5.74) is 0.291. The van der Waals surface area contributed by atoms with Crippen LogP contribution in [0.15, 0.2) is 39.5 Å². The molecule has 1 saturated heterocycles. The van der Waals surface area contributed by atoms with Crippen LogP contribution in [0, 0.1) is 0 Å². The molecule has 0 radical (unpaired) electrons. The smallest absolute Gasteiger partial charge is 0.374 e. The molecule has 1 aromatic carbocycles. The van der Waals surface area contributed by atoms with Gasteiger partial charge in [0.1, 0.15) is 0 Å². The van der Waals surface area contributed by atoms with E-state index in [0.717, 1.165) is 31.5 Å². The zero-order valence-electron chi connectivity index (χ0n) is 9.87. The van der Waals surface area contributed by atoms with Crippen LogP contribution in [0.2, 0.25) is 0 Å². The normalized spacial score (nSPS) is 15.0. The van der Waals surface area contributed by atoms with Crippen molar-refractivity contribution in [2.45, 2.75) is 12.8 Å². The van der Waals surface area contributed by atoms with Crippen LogP contribution in [0.3, 0.4) is 0 Å². The molecular weight excluding hydrogens is 230 g/mol. The Kier molecular flexibility index (Phi) is 2.80. The fraction of sp³-hybridized carbons (Fsp3) is 0.308. The highest BCUT2D eigenvalue weighted by Gasteiger charge is 2.18. The standard InChI is InChI=1S/C13H13N3O2/c17-12-14-11(10-6-2-1-3-7-10)18-13(15-12)16-8-4-5-9-16/h1-3,6-7H,4-5,8-9H2. The molecule has 1 fully saturated rings. The van der Waals surface area contributed by atoms with Gasteiger partial charge in [0, 0.05) is 18.7 Å². The molecule has 0 bridgehead atoms. The summed E-state index contributed by atoms with van der Waals surface area (Å²) in [6.45, 7) is 1.77. The molecule has 18 heavy (non-hydrogen) atoms. The third-order valence-electron chi connectivity index (χ3n) is 2.97. The van der Waals surface area contributed by atoms with Crippen molar-refractivity contribution in [2.24, 2.45) is 0 Å². The number of hydrogen-bond acceptors (Lipinski definition) is 5. The minimum atomic E-state index is -0.498. The maximum Gasteiger partial charge on any atom is 0.374 e. The Morgan fingerprint density at radius 1 is 1.06 bits per heavy atom. The van der Waals surface area contributed by atoms with Crippen LogP contribution in [-0.4, -0.2) is 23.1 Å². The highest BCUT2D eigenvalue weighted by atomic mass is 16.4. The van der Waals surface area contributed by atoms with Gasteiger partial charge in [-0.15, -0.1) is 4.98 Å². The molecule has 1 aliphatic rings. The van der Waals surface area contributed by atoms with E-state index in [0.29, 0.717) is 11.9 Å². The zero-order chi connectivity index (χ0) is 12.4. The van der Waals surface area contributed by atoms with E-state index in [1.165, 1.54) is 0 Å². The molecule has 0 spiro atoms. The molecule has 0 unspecified atom stereocenters. The molecule has 92 valence electrons. The maximum atomic E-state index is 11.5. The summed E-state index contributed by atoms with van der Waals surface area (Å²) < 4.78 is 5.63. The average Bonchev–Trinajstić information content (AvgIpc) is 2.93. The Hall–Kier alpha value is -2.17. The summed E-state index contributed by atoms with van der Waals surface area (Å²) in [4.78, 5) is 21.2. The van der Waals surface area contributed by atoms with Gasteiger partial charge in [0.05, 0.1) is 0 Å². The van der Waals surface area contributed by atoms with Crippen LogP contribution < -0.4 is 10.6 Å². The van der Waals surface area contributed by atoms with Crippen molar-refractivity contribution in [2.75, 3.05) is 18.0 Å². The highest BCUT2D eigenvalue weighted by Crippen LogP contribution is 2.21. The number of rotatable bonds is 2. The molecule has 0 atom stereocenters. The number of hydrogen-bond donors (Lipinski definition) is 0. The van der Waals surface area contributed by atoms with Crippen molar-refractivity contribution in [1.29, 1.82) is 0 Å². The van der Waals surface area contributed by atoms with Crippen LogP contribution in [0.1, 0.15) is 12.8 Å². The topological polar surface area (TPSA) is 59.2 Å². The monoisotopic (exact) mass is 243 g/mol. The van der Waals surface area contributed by atoms with Crippen molar-refractivity contribution < 1.29 is 4.42 Å². The second-order valence-corrected chi connectivity index (χ2v) is 4.26. The summed E-state index contributed by atoms with van der Waals surface area (Å²) in [6.07, 6.45) is 2.21. The van der Waals surface area contributed by atoms with Crippen molar-refractivity contribution in [3.8, 4) is 11.5 Å². The van der Waals surface area contributed by atoms with Crippen LogP contribution in [0.25, 0.3) is 11.5 Å². The van der Waals surface area contributed by atoms with E-state index < -0.39 is 5.69 Å². The van der Waals surface area contributed by atoms with Gasteiger partial charge < -0.3 is 9.32 Å². The first-order valence-electron chi connectivity index (χ1n) is 6.02. The predicted octanol–water partition coefficient (Wildman–Crippen LogP) is 1.70. The largest absolute Gasteiger partial charge is 0.406 e. The number of aromatic nitrogens is 2. The van der Waals surface area contributed by atoms with Gasteiger partial charge in [0.15, 0.2) is 0 Å². The Morgan fingerprint density at radius 2 is 1.78 bits per heavy atom. The number of anilines is 1. The van der Waals surface area contributed by atoms with Crippen LogP contribution in [0.5, 0.6) is 0 Å². The third kappa shape index (κ3) is 2.11. The lowest BCUT2D eigenvalue weighted by Gasteiger charge is -2.13. The van der Waals surface area contributed by atoms with Crippen LogP contribution >= 0.6 is 0 Å². The molecular formula is C13H13N3O2. The summed E-state index contributed by atoms with van der Waals surface area (Å²) >= 11 is 0. The van der Waals surface area contributed by atoms with Gasteiger partial charge in [-0.1, -0.05) is 18.2 Å². The molecule has 1 aromatic heterocycles. The van der Waals surface area contributed by atoms with Gasteiger partial charge in [-0.25, -0.2) is 4.79 Å². The zero-order valence-corrected chi connectivity index (χ0v) is 9.87. The molecule has 0 N–H and O–H groups in total. The van der Waals surface area contributed by atoms with Crippen LogP contribution in [-0.2, 0) is 0 Å². The second kappa shape index (κ2) is 4.60. The van der Waals surface area contributed by atoms with E-state index in [1.54, 1.807) is 0 Å². The molecule has 2 aromatic rings. The van der Waals surface area contributed by atoms with E-state index in [2.05, 4.69) is 9.97 Å². The number of nitrogens with zero attached hydrogens (tertiary/aromatic N) is 3. The Balaban J connectivity index is 2.03. The summed E-state index contributed by atoms with van der Waals surface area (Å²) in [7, 11) is 0. The molecule has 0 saturated carbocycles. The van der Waals surface area contributed by atoms with Gasteiger partial charge in [-0.2, -0.15) is 4.98 Å². The minimum absolute atomic E-state index is 0.331. The lowest BCUT2D eigenvalue weighted by atomic mass is 10.2. The molecule has 1 aliphatic heterocycles. The molecule has 5 heteroatoms. The van der Waals surface area contributed by atoms with Crippen molar-refractivity contribution in [3.63, 3.8) is 0 Å². The first-order valence-corrected chi connectivity index (χ1v) is 6.02. The number of benzene rings is 1. The van der Waals surface area contributed by atoms with E-state index >= 15 is 0 Å². The first-order chi connectivity index (χ1) is 8.83. The molecule has 0 amide bonds. The first kappa shape index (κ1) is 11.0. The fourth-order valence-electron chi connectivity index (χ4n) is 2.07. The Morgan fingerprint density at radius 3 is 2.50 bits per heavy atom. The van der Waals surface area contributed by atoms with Gasteiger partial charge in [-0.05, 0) is 25.0 Å². The fourth-order valence-corrected chi connectivity index (χ4v) is 2.07. The van der Waals surface area contributed by atoms with Crippen molar-refractivity contribution in [1.82, 2.24) is 9.97 Å². The molecule has 3 rings (SSSR count). The second-order valence-electron chi connectivity index (χ2n) is 4.26. The summed E-state index contributed by atoms with van der Waals surface area (Å²) in [5, 5.41) is 0. The highest BCUT2D eigenvalue weighted by molar-refractivity contribution is 5.52. The van der Waals surface area contributed by atoms with Gasteiger partial charge in [0.25, 0.3) is 0 Å². The summed E-state index contributed by atoms with van der Waals surface area (Å²) in [5.74, 6) is 0.331. The molecule has 5 nitrogen and oxygen atoms in total. The van der Waals surface area contributed by atoms with E-state index in [9.17, 15) is 4.79 Å². The van der Waals surface area contributed by atoms with Gasteiger partial charge in [-0.3, -0.25) is 0 Å². The minimum Gasteiger partial charge on any atom is -0.406 e. The van der Waals surface area contributed by atoms with Crippen LogP contribution in [0.4, 0.5) is 6.01 Å². The molecule has 2 heterocycles. The van der Waals surface area contributed by atoms with E-state index in [1.807, 2.05) is 35.2 Å². The average molecular weight is 243 g/mol. The predicted molar refractivity (Wildman–Crippen MR) is 67.5 cm³/mol. The van der Waals surface area contributed by atoms with Gasteiger partial charge in [0.2, 0.25) is 5.89 Å². The lowest BCUT2D eigenvalue weighted by Crippen LogP contribution is -2.23. The Labute approximate surface area is 104 Å². The van der Waals surface area contributed by atoms with E-state index in [-0.39, 0.29) is 0 Å². The van der Waals surface area contributed by atoms with Crippen molar-refractivity contribution >= 4 is 6.01 Å². The lowest BCUT2D eigenvalue weighted by molar-refractivity contribution is 0.507. The van der Waals surface area contributed by atoms with E-state index in [4.69, 9.17) is 4.42 Å². The summed E-state index contributed by atoms with van der Waals surface area (Å²) in [6, 6.07) is 9.77. The SMILES string of the molecule is O=c1nc(-c2ccccc2)oc(N2CCCC2)n1. The Bertz CT molecular complexity index is 589. The quantitative estimate of drug-likeness (QED) is 0.803. The van der Waals surface area contributed by atoms with Gasteiger partial charge >= 0.3 is 11.7 Å². The third-order valence-corrected chi connectivity index (χ3v) is 2.97. The maximum absolute atomic E-state index is 11.5. The molecule has 0 aliphatic carbocycles. The van der Waals surface area contributed by atoms with Crippen molar-refractivity contribution in [3.05, 3.63) is 40.8 Å².